The number of non-ortho nitro benzene ring substituents is 1. The van der Waals surface area contributed by atoms with Crippen LogP contribution >= 0.6 is 34.7 Å². The Balaban J connectivity index is 1.44. The average molecular weight is 527 g/mol. The lowest BCUT2D eigenvalue weighted by Crippen LogP contribution is -2.24. The van der Waals surface area contributed by atoms with Crippen molar-refractivity contribution in [2.45, 2.75) is 22.9 Å². The first-order valence-corrected chi connectivity index (χ1v) is 12.6. The van der Waals surface area contributed by atoms with E-state index in [1.165, 1.54) is 41.3 Å². The van der Waals surface area contributed by atoms with E-state index in [0.717, 1.165) is 10.2 Å². The van der Waals surface area contributed by atoms with Crippen molar-refractivity contribution in [2.24, 2.45) is 0 Å². The smallest absolute Gasteiger partial charge is 0.271 e. The molecule has 0 spiro atoms. The molecule has 3 aromatic carbocycles. The molecule has 1 atom stereocenters. The molecule has 0 aliphatic carbocycles. The Morgan fingerprint density at radius 3 is 2.54 bits per heavy atom. The summed E-state index contributed by atoms with van der Waals surface area (Å²) < 4.78 is 1.58. The van der Waals surface area contributed by atoms with Crippen LogP contribution in [-0.4, -0.2) is 27.0 Å². The quantitative estimate of drug-likeness (QED) is 0.151. The van der Waals surface area contributed by atoms with Crippen molar-refractivity contribution in [1.82, 2.24) is 4.98 Å². The molecule has 4 aromatic rings. The molecule has 35 heavy (non-hydrogen) atoms. The number of nitrogens with one attached hydrogen (secondary N) is 2. The number of rotatable bonds is 8. The summed E-state index contributed by atoms with van der Waals surface area (Å²) in [5.74, 6) is -0.503. The number of nitro groups is 1. The number of hydrogen-bond donors (Lipinski definition) is 2. The maximum atomic E-state index is 12.8. The second-order valence-corrected chi connectivity index (χ2v) is 10.4. The second kappa shape index (κ2) is 10.9. The first-order chi connectivity index (χ1) is 16.8. The summed E-state index contributed by atoms with van der Waals surface area (Å²) in [6.45, 7) is 1.89. The summed E-state index contributed by atoms with van der Waals surface area (Å²) >= 11 is 8.64. The Labute approximate surface area is 213 Å². The monoisotopic (exact) mass is 526 g/mol. The summed E-state index contributed by atoms with van der Waals surface area (Å²) in [6, 6.07) is 17.9. The number of carbonyl (C=O) groups excluding carboxylic acids is 2. The number of benzene rings is 3. The number of nitrogens with zero attached hydrogens (tertiary/aromatic N) is 2. The molecule has 2 amide bonds. The van der Waals surface area contributed by atoms with Crippen LogP contribution in [0.1, 0.15) is 23.7 Å². The molecule has 0 radical (unpaired) electrons. The fraction of sp³-hybridized carbons (Fsp3) is 0.125. The minimum atomic E-state index is -0.505. The molecule has 1 heterocycles. The summed E-state index contributed by atoms with van der Waals surface area (Å²) in [7, 11) is 0. The number of carbonyl (C=O) groups is 2. The topological polar surface area (TPSA) is 114 Å². The third kappa shape index (κ3) is 6.16. The molecule has 1 aromatic heterocycles. The van der Waals surface area contributed by atoms with E-state index in [-0.39, 0.29) is 17.5 Å². The van der Waals surface area contributed by atoms with E-state index in [1.54, 1.807) is 36.4 Å². The highest BCUT2D eigenvalue weighted by Crippen LogP contribution is 2.35. The highest BCUT2D eigenvalue weighted by atomic mass is 35.5. The number of fused-ring (bicyclic) bond motifs is 1. The van der Waals surface area contributed by atoms with E-state index in [9.17, 15) is 19.7 Å². The van der Waals surface area contributed by atoms with Gasteiger partial charge in [-0.2, -0.15) is 0 Å². The van der Waals surface area contributed by atoms with Gasteiger partial charge >= 0.3 is 0 Å². The third-order valence-corrected chi connectivity index (χ3v) is 7.69. The average Bonchev–Trinajstić information content (AvgIpc) is 3.24. The van der Waals surface area contributed by atoms with Gasteiger partial charge in [0.2, 0.25) is 5.91 Å². The number of anilines is 2. The van der Waals surface area contributed by atoms with Gasteiger partial charge in [-0.15, -0.1) is 11.3 Å². The molecule has 0 fully saturated rings. The number of aromatic nitrogens is 1. The van der Waals surface area contributed by atoms with Crippen LogP contribution in [-0.2, 0) is 4.79 Å². The van der Waals surface area contributed by atoms with Crippen molar-refractivity contribution < 1.29 is 14.5 Å². The standard InChI is InChI=1S/C24H19ClN4O4S2/c1-2-20(23(31)27-16-4-3-5-18(12-16)29(32)33)34-24-28-19-11-10-17(13-21(19)35-24)26-22(30)14-6-8-15(25)9-7-14/h3-13,20H,2H2,1H3,(H,26,30)(H,27,31). The molecular weight excluding hydrogens is 508 g/mol. The van der Waals surface area contributed by atoms with Gasteiger partial charge in [-0.1, -0.05) is 36.4 Å². The molecular formula is C24H19ClN4O4S2. The van der Waals surface area contributed by atoms with E-state index in [0.29, 0.717) is 32.7 Å². The van der Waals surface area contributed by atoms with Crippen LogP contribution in [0.15, 0.2) is 71.1 Å². The number of halogens is 1. The molecule has 0 bridgehead atoms. The van der Waals surface area contributed by atoms with Crippen LogP contribution in [0.4, 0.5) is 17.1 Å². The fourth-order valence-electron chi connectivity index (χ4n) is 3.20. The molecule has 8 nitrogen and oxygen atoms in total. The summed E-state index contributed by atoms with van der Waals surface area (Å²) in [6.07, 6.45) is 0.545. The van der Waals surface area contributed by atoms with Gasteiger partial charge in [0, 0.05) is 34.1 Å². The third-order valence-electron chi connectivity index (χ3n) is 4.96. The van der Waals surface area contributed by atoms with Crippen molar-refractivity contribution >= 4 is 73.8 Å². The van der Waals surface area contributed by atoms with Crippen LogP contribution in [0, 0.1) is 10.1 Å². The van der Waals surface area contributed by atoms with E-state index in [4.69, 9.17) is 11.6 Å². The van der Waals surface area contributed by atoms with E-state index >= 15 is 0 Å². The number of amides is 2. The highest BCUT2D eigenvalue weighted by Gasteiger charge is 2.21. The van der Waals surface area contributed by atoms with Crippen molar-refractivity contribution in [3.63, 3.8) is 0 Å². The van der Waals surface area contributed by atoms with Crippen LogP contribution in [0.5, 0.6) is 0 Å². The minimum Gasteiger partial charge on any atom is -0.325 e. The lowest BCUT2D eigenvalue weighted by Gasteiger charge is -2.13. The van der Waals surface area contributed by atoms with Crippen molar-refractivity contribution in [3.05, 3.63) is 87.4 Å². The second-order valence-electron chi connectivity index (χ2n) is 7.43. The van der Waals surface area contributed by atoms with Gasteiger partial charge in [-0.05, 0) is 55.0 Å². The van der Waals surface area contributed by atoms with E-state index < -0.39 is 10.2 Å². The maximum Gasteiger partial charge on any atom is 0.271 e. The van der Waals surface area contributed by atoms with Crippen LogP contribution in [0.25, 0.3) is 10.2 Å². The number of hydrogen-bond acceptors (Lipinski definition) is 7. The molecule has 0 saturated carbocycles. The Kier molecular flexibility index (Phi) is 7.64. The molecule has 178 valence electrons. The summed E-state index contributed by atoms with van der Waals surface area (Å²) in [5, 5.41) is 16.7. The van der Waals surface area contributed by atoms with Gasteiger partial charge in [0.25, 0.3) is 11.6 Å². The van der Waals surface area contributed by atoms with Gasteiger partial charge in [0.15, 0.2) is 4.34 Å². The number of thioether (sulfide) groups is 1. The zero-order chi connectivity index (χ0) is 24.9. The van der Waals surface area contributed by atoms with E-state index in [2.05, 4.69) is 15.6 Å². The minimum absolute atomic E-state index is 0.0892. The fourth-order valence-corrected chi connectivity index (χ4v) is 5.60. The summed E-state index contributed by atoms with van der Waals surface area (Å²) in [4.78, 5) is 40.3. The predicted molar refractivity (Wildman–Crippen MR) is 141 cm³/mol. The first-order valence-electron chi connectivity index (χ1n) is 10.5. The van der Waals surface area contributed by atoms with Crippen molar-refractivity contribution in [1.29, 1.82) is 0 Å². The largest absolute Gasteiger partial charge is 0.325 e. The molecule has 0 saturated heterocycles. The van der Waals surface area contributed by atoms with Crippen molar-refractivity contribution in [2.75, 3.05) is 10.6 Å². The van der Waals surface area contributed by atoms with Gasteiger partial charge in [0.05, 0.1) is 20.4 Å². The molecule has 0 aliphatic heterocycles. The Morgan fingerprint density at radius 1 is 1.09 bits per heavy atom. The normalized spacial score (nSPS) is 11.7. The zero-order valence-electron chi connectivity index (χ0n) is 18.4. The molecule has 0 aliphatic rings. The Hall–Kier alpha value is -3.47. The molecule has 4 rings (SSSR count). The van der Waals surface area contributed by atoms with E-state index in [1.807, 2.05) is 19.1 Å². The van der Waals surface area contributed by atoms with Crippen LogP contribution in [0.3, 0.4) is 0 Å². The number of thiazole rings is 1. The van der Waals surface area contributed by atoms with Gasteiger partial charge in [-0.25, -0.2) is 4.98 Å². The lowest BCUT2D eigenvalue weighted by molar-refractivity contribution is -0.384. The molecule has 1 unspecified atom stereocenters. The lowest BCUT2D eigenvalue weighted by atomic mass is 10.2. The van der Waals surface area contributed by atoms with Gasteiger partial charge in [-0.3, -0.25) is 19.7 Å². The van der Waals surface area contributed by atoms with Crippen LogP contribution in [0.2, 0.25) is 5.02 Å². The highest BCUT2D eigenvalue weighted by molar-refractivity contribution is 8.02. The maximum absolute atomic E-state index is 12.8. The van der Waals surface area contributed by atoms with Gasteiger partial charge in [0.1, 0.15) is 0 Å². The predicted octanol–water partition coefficient (Wildman–Crippen LogP) is 6.62. The zero-order valence-corrected chi connectivity index (χ0v) is 20.7. The van der Waals surface area contributed by atoms with Crippen LogP contribution < -0.4 is 10.6 Å². The van der Waals surface area contributed by atoms with Gasteiger partial charge < -0.3 is 10.6 Å². The first kappa shape index (κ1) is 24.6. The Morgan fingerprint density at radius 2 is 1.83 bits per heavy atom. The molecule has 11 heteroatoms. The Bertz CT molecular complexity index is 1410. The SMILES string of the molecule is CCC(Sc1nc2ccc(NC(=O)c3ccc(Cl)cc3)cc2s1)C(=O)Nc1cccc([N+](=O)[O-])c1. The summed E-state index contributed by atoms with van der Waals surface area (Å²) in [5.41, 5.74) is 2.17. The number of nitro benzene ring substituents is 1. The van der Waals surface area contributed by atoms with Crippen molar-refractivity contribution in [3.8, 4) is 0 Å². The molecule has 2 N–H and O–H groups in total.